The quantitative estimate of drug-likeness (QED) is 0.780. The van der Waals surface area contributed by atoms with Crippen molar-refractivity contribution in [1.82, 2.24) is 4.90 Å². The fraction of sp³-hybridized carbons (Fsp3) is 0.417. The van der Waals surface area contributed by atoms with Gasteiger partial charge in [-0.2, -0.15) is 0 Å². The van der Waals surface area contributed by atoms with Gasteiger partial charge in [-0.15, -0.1) is 0 Å². The minimum absolute atomic E-state index is 0.00595. The number of nitrogens with zero attached hydrogens (tertiary/aromatic N) is 1. The Morgan fingerprint density at radius 3 is 2.00 bits per heavy atom. The smallest absolute Gasteiger partial charge is 0.237 e. The summed E-state index contributed by atoms with van der Waals surface area (Å²) in [5.41, 5.74) is 2.16. The average molecular weight is 373 g/mol. The Hall–Kier alpha value is -2.46. The molecule has 2 unspecified atom stereocenters. The summed E-state index contributed by atoms with van der Waals surface area (Å²) in [5.74, 6) is -1.61. The van der Waals surface area contributed by atoms with E-state index in [1.165, 1.54) is 6.42 Å². The molecule has 4 heteroatoms. The largest absolute Gasteiger partial charge is 0.379 e. The number of amides is 2. The van der Waals surface area contributed by atoms with Gasteiger partial charge in [0.05, 0.1) is 11.8 Å². The van der Waals surface area contributed by atoms with Gasteiger partial charge in [-0.05, 0) is 35.1 Å². The van der Waals surface area contributed by atoms with Crippen LogP contribution in [0.2, 0.25) is 0 Å². The lowest BCUT2D eigenvalue weighted by atomic mass is 9.52. The van der Waals surface area contributed by atoms with Crippen LogP contribution in [0.5, 0.6) is 0 Å². The lowest BCUT2D eigenvalue weighted by Gasteiger charge is -2.51. The first-order valence-electron chi connectivity index (χ1n) is 10.4. The second-order valence-corrected chi connectivity index (χ2v) is 8.76. The van der Waals surface area contributed by atoms with Crippen molar-refractivity contribution in [3.05, 3.63) is 70.8 Å². The number of imide groups is 1. The Morgan fingerprint density at radius 2 is 1.39 bits per heavy atom. The van der Waals surface area contributed by atoms with Crippen LogP contribution in [0.15, 0.2) is 48.5 Å². The van der Waals surface area contributed by atoms with Crippen molar-refractivity contribution in [2.45, 2.75) is 49.7 Å². The predicted octanol–water partition coefficient (Wildman–Crippen LogP) is 3.32. The summed E-state index contributed by atoms with van der Waals surface area (Å²) in [4.78, 5) is 28.8. The first kappa shape index (κ1) is 16.5. The van der Waals surface area contributed by atoms with E-state index in [2.05, 4.69) is 0 Å². The molecule has 2 fully saturated rings. The van der Waals surface area contributed by atoms with E-state index in [0.29, 0.717) is 0 Å². The second-order valence-electron chi connectivity index (χ2n) is 8.76. The summed E-state index contributed by atoms with van der Waals surface area (Å²) in [6.45, 7) is 0. The SMILES string of the molecule is O=C1C2C3c4ccccc4C(O)(c4ccccc43)C2C(=O)N1C1CCCCC1. The summed E-state index contributed by atoms with van der Waals surface area (Å²) < 4.78 is 0. The number of rotatable bonds is 1. The van der Waals surface area contributed by atoms with E-state index in [1.807, 2.05) is 48.5 Å². The molecule has 1 saturated carbocycles. The number of likely N-dealkylation sites (tertiary alicyclic amines) is 1. The monoisotopic (exact) mass is 373 g/mol. The molecule has 2 bridgehead atoms. The van der Waals surface area contributed by atoms with Crippen LogP contribution in [-0.4, -0.2) is 27.9 Å². The molecule has 7 rings (SSSR count). The summed E-state index contributed by atoms with van der Waals surface area (Å²) in [6.07, 6.45) is 5.07. The van der Waals surface area contributed by atoms with Crippen LogP contribution < -0.4 is 0 Å². The molecule has 4 aliphatic carbocycles. The highest BCUT2D eigenvalue weighted by molar-refractivity contribution is 6.08. The Balaban J connectivity index is 1.58. The zero-order chi connectivity index (χ0) is 19.0. The number of carbonyl (C=O) groups is 2. The van der Waals surface area contributed by atoms with E-state index in [0.717, 1.165) is 47.9 Å². The summed E-state index contributed by atoms with van der Waals surface area (Å²) in [5, 5.41) is 12.1. The van der Waals surface area contributed by atoms with Crippen molar-refractivity contribution in [1.29, 1.82) is 0 Å². The molecular weight excluding hydrogens is 350 g/mol. The van der Waals surface area contributed by atoms with Crippen LogP contribution in [0, 0.1) is 11.8 Å². The topological polar surface area (TPSA) is 57.6 Å². The fourth-order valence-corrected chi connectivity index (χ4v) is 6.45. The van der Waals surface area contributed by atoms with Crippen molar-refractivity contribution in [2.24, 2.45) is 11.8 Å². The molecule has 142 valence electrons. The van der Waals surface area contributed by atoms with Crippen LogP contribution in [0.4, 0.5) is 0 Å². The molecule has 0 radical (unpaired) electrons. The van der Waals surface area contributed by atoms with Crippen molar-refractivity contribution in [3.8, 4) is 0 Å². The van der Waals surface area contributed by atoms with E-state index >= 15 is 0 Å². The van der Waals surface area contributed by atoms with E-state index in [9.17, 15) is 14.7 Å². The first-order chi connectivity index (χ1) is 13.6. The van der Waals surface area contributed by atoms with Gasteiger partial charge in [-0.3, -0.25) is 14.5 Å². The molecule has 1 N–H and O–H groups in total. The van der Waals surface area contributed by atoms with E-state index in [4.69, 9.17) is 0 Å². The van der Waals surface area contributed by atoms with Gasteiger partial charge in [-0.25, -0.2) is 0 Å². The van der Waals surface area contributed by atoms with Gasteiger partial charge < -0.3 is 5.11 Å². The third kappa shape index (κ3) is 1.80. The third-order valence-electron chi connectivity index (χ3n) is 7.55. The highest BCUT2D eigenvalue weighted by Crippen LogP contribution is 2.63. The maximum Gasteiger partial charge on any atom is 0.237 e. The number of hydrogen-bond acceptors (Lipinski definition) is 3. The minimum Gasteiger partial charge on any atom is -0.379 e. The van der Waals surface area contributed by atoms with Gasteiger partial charge in [-0.1, -0.05) is 67.8 Å². The van der Waals surface area contributed by atoms with Gasteiger partial charge in [0.1, 0.15) is 5.60 Å². The lowest BCUT2D eigenvalue weighted by molar-refractivity contribution is -0.145. The Morgan fingerprint density at radius 1 is 0.821 bits per heavy atom. The van der Waals surface area contributed by atoms with Crippen molar-refractivity contribution < 1.29 is 14.7 Å². The summed E-state index contributed by atoms with van der Waals surface area (Å²) in [7, 11) is 0. The Labute approximate surface area is 164 Å². The van der Waals surface area contributed by atoms with Gasteiger partial charge in [0, 0.05) is 12.0 Å². The molecular formula is C24H23NO3. The predicted molar refractivity (Wildman–Crippen MR) is 103 cm³/mol. The summed E-state index contributed by atoms with van der Waals surface area (Å²) >= 11 is 0. The standard InChI is InChI=1S/C24H23NO3/c26-22-20-19-15-10-4-6-12-17(15)24(28,18-13-7-5-11-16(18)19)21(20)23(27)25(22)14-8-2-1-3-9-14/h4-7,10-14,19-21,28H,1-3,8-9H2. The number of hydrogen-bond donors (Lipinski definition) is 1. The Bertz CT molecular complexity index is 959. The van der Waals surface area contributed by atoms with E-state index in [-0.39, 0.29) is 23.8 Å². The van der Waals surface area contributed by atoms with Gasteiger partial charge >= 0.3 is 0 Å². The van der Waals surface area contributed by atoms with E-state index < -0.39 is 17.4 Å². The molecule has 0 aromatic heterocycles. The van der Waals surface area contributed by atoms with Gasteiger partial charge in [0.25, 0.3) is 0 Å². The zero-order valence-electron chi connectivity index (χ0n) is 15.7. The fourth-order valence-electron chi connectivity index (χ4n) is 6.45. The third-order valence-corrected chi connectivity index (χ3v) is 7.55. The molecule has 2 aromatic carbocycles. The molecule has 2 amide bonds. The minimum atomic E-state index is -1.43. The molecule has 5 aliphatic rings. The molecule has 2 atom stereocenters. The molecule has 1 aliphatic heterocycles. The maximum absolute atomic E-state index is 13.6. The van der Waals surface area contributed by atoms with Gasteiger partial charge in [0.2, 0.25) is 11.8 Å². The van der Waals surface area contributed by atoms with Crippen molar-refractivity contribution in [2.75, 3.05) is 0 Å². The second kappa shape index (κ2) is 5.54. The maximum atomic E-state index is 13.6. The lowest BCUT2D eigenvalue weighted by Crippen LogP contribution is -2.53. The highest BCUT2D eigenvalue weighted by atomic mass is 16.3. The molecule has 1 heterocycles. The average Bonchev–Trinajstić information content (AvgIpc) is 3.01. The molecule has 28 heavy (non-hydrogen) atoms. The summed E-state index contributed by atoms with van der Waals surface area (Å²) in [6, 6.07) is 15.6. The molecule has 4 nitrogen and oxygen atoms in total. The Kier molecular flexibility index (Phi) is 3.26. The number of benzene rings is 2. The number of carbonyl (C=O) groups excluding carboxylic acids is 2. The van der Waals surface area contributed by atoms with Crippen LogP contribution >= 0.6 is 0 Å². The van der Waals surface area contributed by atoms with Crippen LogP contribution in [0.25, 0.3) is 0 Å². The number of aliphatic hydroxyl groups is 1. The van der Waals surface area contributed by atoms with Crippen molar-refractivity contribution in [3.63, 3.8) is 0 Å². The van der Waals surface area contributed by atoms with Crippen molar-refractivity contribution >= 4 is 11.8 Å². The normalized spacial score (nSPS) is 33.6. The zero-order valence-corrected chi connectivity index (χ0v) is 15.7. The van der Waals surface area contributed by atoms with Crippen LogP contribution in [0.3, 0.4) is 0 Å². The van der Waals surface area contributed by atoms with Crippen LogP contribution in [-0.2, 0) is 15.2 Å². The first-order valence-corrected chi connectivity index (χ1v) is 10.4. The highest BCUT2D eigenvalue weighted by Gasteiger charge is 2.68. The van der Waals surface area contributed by atoms with Gasteiger partial charge in [0.15, 0.2) is 0 Å². The molecule has 2 aromatic rings. The van der Waals surface area contributed by atoms with E-state index in [1.54, 1.807) is 4.90 Å². The molecule has 1 saturated heterocycles. The van der Waals surface area contributed by atoms with Crippen LogP contribution in [0.1, 0.15) is 60.3 Å². The molecule has 0 spiro atoms.